The molecule has 66 valence electrons. The molecule has 7 heteroatoms. The van der Waals surface area contributed by atoms with E-state index in [9.17, 15) is 12.9 Å². The second-order valence-electron chi connectivity index (χ2n) is 3.38. The van der Waals surface area contributed by atoms with E-state index < -0.39 is 19.0 Å². The summed E-state index contributed by atoms with van der Waals surface area (Å²) in [5.41, 5.74) is -0.901. The van der Waals surface area contributed by atoms with Crippen LogP contribution in [-0.4, -0.2) is 42.1 Å². The van der Waals surface area contributed by atoms with Crippen molar-refractivity contribution < 1.29 is 69.4 Å². The smallest absolute Gasteiger partial charge is 0.448 e. The minimum Gasteiger partial charge on any atom is -0.448 e. The van der Waals surface area contributed by atoms with Gasteiger partial charge >= 0.3 is 58.4 Å². The SMILES string of the molecule is CC1(O)CN(C[B-](F)(F)F)C1.[K+]. The van der Waals surface area contributed by atoms with Crippen LogP contribution in [-0.2, 0) is 0 Å². The normalized spacial score (nSPS) is 22.8. The molecule has 1 aliphatic heterocycles. The van der Waals surface area contributed by atoms with Gasteiger partial charge in [-0.2, -0.15) is 0 Å². The van der Waals surface area contributed by atoms with Gasteiger partial charge in [0.25, 0.3) is 0 Å². The van der Waals surface area contributed by atoms with Gasteiger partial charge in [0, 0.05) is 13.1 Å². The average molecular weight is 207 g/mol. The average Bonchev–Trinajstić information content (AvgIpc) is 1.53. The van der Waals surface area contributed by atoms with E-state index in [2.05, 4.69) is 0 Å². The van der Waals surface area contributed by atoms with Crippen molar-refractivity contribution in [2.24, 2.45) is 0 Å². The molecule has 0 unspecified atom stereocenters. The Morgan fingerprint density at radius 1 is 1.42 bits per heavy atom. The first-order valence-corrected chi connectivity index (χ1v) is 3.44. The molecule has 1 fully saturated rings. The Morgan fingerprint density at radius 2 is 1.83 bits per heavy atom. The summed E-state index contributed by atoms with van der Waals surface area (Å²) < 4.78 is 35.2. The monoisotopic (exact) mass is 207 g/mol. The van der Waals surface area contributed by atoms with Gasteiger partial charge in [-0.25, -0.2) is 0 Å². The van der Waals surface area contributed by atoms with Crippen LogP contribution in [0.15, 0.2) is 0 Å². The Morgan fingerprint density at radius 3 is 2.08 bits per heavy atom. The molecule has 0 aromatic carbocycles. The predicted octanol–water partition coefficient (Wildman–Crippen LogP) is -2.56. The maximum atomic E-state index is 11.7. The minimum absolute atomic E-state index is 0. The van der Waals surface area contributed by atoms with E-state index in [1.165, 1.54) is 11.8 Å². The van der Waals surface area contributed by atoms with Crippen LogP contribution in [0, 0.1) is 0 Å². The van der Waals surface area contributed by atoms with Crippen molar-refractivity contribution in [1.29, 1.82) is 0 Å². The van der Waals surface area contributed by atoms with E-state index in [-0.39, 0.29) is 64.5 Å². The van der Waals surface area contributed by atoms with E-state index in [4.69, 9.17) is 5.11 Å². The van der Waals surface area contributed by atoms with Crippen molar-refractivity contribution in [2.45, 2.75) is 12.5 Å². The summed E-state index contributed by atoms with van der Waals surface area (Å²) >= 11 is 0. The van der Waals surface area contributed by atoms with E-state index in [1.807, 2.05) is 0 Å². The molecule has 12 heavy (non-hydrogen) atoms. The number of halogens is 3. The second-order valence-corrected chi connectivity index (χ2v) is 3.38. The molecule has 0 aliphatic carbocycles. The van der Waals surface area contributed by atoms with Crippen LogP contribution in [0.25, 0.3) is 0 Å². The van der Waals surface area contributed by atoms with Crippen molar-refractivity contribution in [3.8, 4) is 0 Å². The molecule has 0 aromatic heterocycles. The quantitative estimate of drug-likeness (QED) is 0.504. The van der Waals surface area contributed by atoms with Gasteiger partial charge in [-0.15, -0.1) is 0 Å². The zero-order chi connectivity index (χ0) is 8.70. The molecule has 1 aliphatic rings. The molecule has 1 rings (SSSR count). The fourth-order valence-corrected chi connectivity index (χ4v) is 1.34. The molecule has 0 radical (unpaired) electrons. The van der Waals surface area contributed by atoms with Gasteiger partial charge in [0.2, 0.25) is 0 Å². The van der Waals surface area contributed by atoms with Gasteiger partial charge in [0.1, 0.15) is 0 Å². The molecule has 0 amide bonds. The Kier molecular flexibility index (Phi) is 4.79. The molecule has 1 heterocycles. The van der Waals surface area contributed by atoms with Crippen molar-refractivity contribution in [3.05, 3.63) is 0 Å². The molecular formula is C5H10BF3KNO. The van der Waals surface area contributed by atoms with Gasteiger partial charge in [0.15, 0.2) is 0 Å². The molecule has 0 atom stereocenters. The summed E-state index contributed by atoms with van der Waals surface area (Å²) in [5, 5.41) is 9.08. The van der Waals surface area contributed by atoms with Crippen molar-refractivity contribution in [1.82, 2.24) is 4.90 Å². The standard InChI is InChI=1S/C5H10BF3NO.K/c1-5(11)2-10(3-5)4-6(7,8)9;/h11H,2-4H2,1H3;/q-1;+1. The van der Waals surface area contributed by atoms with Gasteiger partial charge < -0.3 is 23.0 Å². The van der Waals surface area contributed by atoms with Crippen LogP contribution in [0.5, 0.6) is 0 Å². The molecule has 0 spiro atoms. The third-order valence-electron chi connectivity index (χ3n) is 1.59. The van der Waals surface area contributed by atoms with Gasteiger partial charge in [-0.1, -0.05) is 0 Å². The zero-order valence-corrected chi connectivity index (χ0v) is 10.4. The third kappa shape index (κ3) is 4.59. The van der Waals surface area contributed by atoms with Crippen LogP contribution in [0.4, 0.5) is 12.9 Å². The largest absolute Gasteiger partial charge is 1.00 e. The fraction of sp³-hybridized carbons (Fsp3) is 1.00. The summed E-state index contributed by atoms with van der Waals surface area (Å²) in [4.78, 5) is 1.19. The molecule has 0 bridgehead atoms. The number of hydrogen-bond acceptors (Lipinski definition) is 2. The Hall–Kier alpha value is 1.41. The maximum Gasteiger partial charge on any atom is 1.00 e. The summed E-state index contributed by atoms with van der Waals surface area (Å²) in [6.45, 7) is -2.92. The number of hydrogen-bond donors (Lipinski definition) is 1. The number of likely N-dealkylation sites (tertiary alicyclic amines) is 1. The topological polar surface area (TPSA) is 23.5 Å². The first kappa shape index (κ1) is 13.4. The Labute approximate surface area is 112 Å². The summed E-state index contributed by atoms with van der Waals surface area (Å²) in [6.07, 6.45) is -0.851. The van der Waals surface area contributed by atoms with E-state index in [1.54, 1.807) is 0 Å². The number of rotatable bonds is 2. The minimum atomic E-state index is -4.73. The van der Waals surface area contributed by atoms with Crippen molar-refractivity contribution in [3.63, 3.8) is 0 Å². The third-order valence-corrected chi connectivity index (χ3v) is 1.59. The van der Waals surface area contributed by atoms with Gasteiger partial charge in [0.05, 0.1) is 5.60 Å². The van der Waals surface area contributed by atoms with Crippen LogP contribution in [0.2, 0.25) is 0 Å². The number of nitrogens with zero attached hydrogens (tertiary/aromatic N) is 1. The van der Waals surface area contributed by atoms with Crippen molar-refractivity contribution >= 4 is 6.98 Å². The first-order valence-electron chi connectivity index (χ1n) is 3.44. The van der Waals surface area contributed by atoms with E-state index in [0.29, 0.717) is 0 Å². The second kappa shape index (κ2) is 4.29. The number of aliphatic hydroxyl groups is 1. The van der Waals surface area contributed by atoms with E-state index in [0.717, 1.165) is 0 Å². The van der Waals surface area contributed by atoms with Crippen LogP contribution in [0.1, 0.15) is 6.92 Å². The van der Waals surface area contributed by atoms with Gasteiger partial charge in [-0.3, -0.25) is 0 Å². The fourth-order valence-electron chi connectivity index (χ4n) is 1.34. The molecule has 1 N–H and O–H groups in total. The van der Waals surface area contributed by atoms with Gasteiger partial charge in [-0.05, 0) is 13.4 Å². The molecule has 2 nitrogen and oxygen atoms in total. The molecule has 0 saturated carbocycles. The Balaban J connectivity index is 0.00000121. The maximum absolute atomic E-state index is 11.7. The van der Waals surface area contributed by atoms with E-state index >= 15 is 0 Å². The first-order chi connectivity index (χ1) is 4.79. The van der Waals surface area contributed by atoms with Crippen LogP contribution in [0.3, 0.4) is 0 Å². The Bertz CT molecular complexity index is 155. The molecule has 0 aromatic rings. The summed E-state index contributed by atoms with van der Waals surface area (Å²) in [7, 11) is 0. The number of β-amino-alcohol motifs (C(OH)–C–C–N with tert-alkyl or cyclic N) is 1. The van der Waals surface area contributed by atoms with Crippen LogP contribution < -0.4 is 51.4 Å². The van der Waals surface area contributed by atoms with Crippen LogP contribution >= 0.6 is 0 Å². The summed E-state index contributed by atoms with van der Waals surface area (Å²) in [5.74, 6) is 0. The summed E-state index contributed by atoms with van der Waals surface area (Å²) in [6, 6.07) is 0. The van der Waals surface area contributed by atoms with Crippen molar-refractivity contribution in [2.75, 3.05) is 19.5 Å². The molecule has 1 saturated heterocycles. The molecular weight excluding hydrogens is 197 g/mol. The zero-order valence-electron chi connectivity index (χ0n) is 7.23. The predicted molar refractivity (Wildman–Crippen MR) is 36.1 cm³/mol.